The summed E-state index contributed by atoms with van der Waals surface area (Å²) in [5, 5.41) is 2.98. The smallest absolute Gasteiger partial charge is 0.334 e. The third-order valence-corrected chi connectivity index (χ3v) is 6.84. The summed E-state index contributed by atoms with van der Waals surface area (Å²) >= 11 is 3.10. The molecule has 0 atom stereocenters. The van der Waals surface area contributed by atoms with Crippen LogP contribution in [0.4, 0.5) is 10.5 Å². The van der Waals surface area contributed by atoms with Crippen LogP contribution in [0.25, 0.3) is 0 Å². The molecule has 186 valence electrons. The van der Waals surface area contributed by atoms with Gasteiger partial charge in [0, 0.05) is 44.5 Å². The van der Waals surface area contributed by atoms with E-state index < -0.39 is 23.9 Å². The summed E-state index contributed by atoms with van der Waals surface area (Å²) in [4.78, 5) is 65.2. The molecule has 0 saturated carbocycles. The van der Waals surface area contributed by atoms with Crippen LogP contribution in [-0.4, -0.2) is 62.5 Å². The highest BCUT2D eigenvalue weighted by molar-refractivity contribution is 9.10. The number of benzene rings is 1. The van der Waals surface area contributed by atoms with Gasteiger partial charge in [0.25, 0.3) is 5.56 Å². The van der Waals surface area contributed by atoms with E-state index in [0.717, 1.165) is 26.8 Å². The number of nitrogens with zero attached hydrogens (tertiary/aromatic N) is 4. The van der Waals surface area contributed by atoms with Crippen LogP contribution in [0.2, 0.25) is 0 Å². The zero-order valence-electron chi connectivity index (χ0n) is 19.2. The van der Waals surface area contributed by atoms with Gasteiger partial charge in [0.15, 0.2) is 6.73 Å². The number of esters is 1. The van der Waals surface area contributed by atoms with E-state index in [4.69, 9.17) is 4.74 Å². The van der Waals surface area contributed by atoms with Gasteiger partial charge < -0.3 is 19.9 Å². The van der Waals surface area contributed by atoms with Gasteiger partial charge >= 0.3 is 17.7 Å². The maximum Gasteiger partial charge on any atom is 0.334 e. The van der Waals surface area contributed by atoms with Crippen molar-refractivity contribution in [1.82, 2.24) is 18.9 Å². The van der Waals surface area contributed by atoms with Gasteiger partial charge in [-0.05, 0) is 46.8 Å². The third kappa shape index (κ3) is 5.47. The van der Waals surface area contributed by atoms with E-state index in [2.05, 4.69) is 21.2 Å². The average molecular weight is 548 g/mol. The average Bonchev–Trinajstić information content (AvgIpc) is 3.00. The van der Waals surface area contributed by atoms with Crippen LogP contribution in [0.1, 0.15) is 25.3 Å². The molecule has 0 unspecified atom stereocenters. The van der Waals surface area contributed by atoms with Crippen LogP contribution in [0, 0.1) is 0 Å². The van der Waals surface area contributed by atoms with Crippen molar-refractivity contribution in [3.8, 4) is 0 Å². The first-order valence-electron chi connectivity index (χ1n) is 11.3. The van der Waals surface area contributed by atoms with Crippen molar-refractivity contribution in [2.45, 2.75) is 45.5 Å². The highest BCUT2D eigenvalue weighted by Crippen LogP contribution is 2.24. The maximum absolute atomic E-state index is 12.9. The number of likely N-dealkylation sites (tertiary alicyclic amines) is 1. The Morgan fingerprint density at radius 3 is 2.54 bits per heavy atom. The number of aromatic nitrogens is 2. The van der Waals surface area contributed by atoms with Crippen LogP contribution in [0.5, 0.6) is 0 Å². The molecule has 2 aliphatic heterocycles. The van der Waals surface area contributed by atoms with E-state index >= 15 is 0 Å². The van der Waals surface area contributed by atoms with Gasteiger partial charge in [-0.25, -0.2) is 14.2 Å². The predicted molar refractivity (Wildman–Crippen MR) is 130 cm³/mol. The summed E-state index contributed by atoms with van der Waals surface area (Å²) in [6.45, 7) is 1.87. The van der Waals surface area contributed by atoms with Crippen LogP contribution < -0.4 is 16.6 Å². The Morgan fingerprint density at radius 1 is 1.11 bits per heavy atom. The number of halogens is 1. The number of urea groups is 1. The lowest BCUT2D eigenvalue weighted by molar-refractivity contribution is -0.145. The molecule has 2 aromatic rings. The molecule has 1 N–H and O–H groups in total. The Hall–Kier alpha value is -3.41. The number of anilines is 1. The van der Waals surface area contributed by atoms with E-state index in [1.165, 1.54) is 13.1 Å². The van der Waals surface area contributed by atoms with Crippen LogP contribution in [-0.2, 0) is 34.0 Å². The van der Waals surface area contributed by atoms with Gasteiger partial charge in [-0.2, -0.15) is 0 Å². The highest BCUT2D eigenvalue weighted by Gasteiger charge is 2.31. The second kappa shape index (κ2) is 10.5. The van der Waals surface area contributed by atoms with Crippen molar-refractivity contribution in [1.29, 1.82) is 0 Å². The number of rotatable bonds is 5. The maximum atomic E-state index is 12.9. The number of amides is 3. The molecule has 3 heterocycles. The number of ether oxygens (including phenoxy) is 1. The lowest BCUT2D eigenvalue weighted by atomic mass is 10.0. The molecule has 4 rings (SSSR count). The second-order valence-corrected chi connectivity index (χ2v) is 9.38. The molecule has 0 radical (unpaired) electrons. The van der Waals surface area contributed by atoms with Crippen molar-refractivity contribution < 1.29 is 19.1 Å². The van der Waals surface area contributed by atoms with Crippen molar-refractivity contribution >= 4 is 39.5 Å². The third-order valence-electron chi connectivity index (χ3n) is 6.30. The lowest BCUT2D eigenvalue weighted by Gasteiger charge is -2.38. The van der Waals surface area contributed by atoms with E-state index in [9.17, 15) is 24.0 Å². The largest absolute Gasteiger partial charge is 0.444 e. The number of carbonyl (C=O) groups is 3. The first kappa shape index (κ1) is 24.7. The summed E-state index contributed by atoms with van der Waals surface area (Å²) in [6, 6.07) is 7.63. The Bertz CT molecular complexity index is 1260. The fourth-order valence-electron chi connectivity index (χ4n) is 4.41. The first-order chi connectivity index (χ1) is 16.7. The number of fused-ring (bicyclic) bond motifs is 1. The molecule has 0 spiro atoms. The number of nitrogens with one attached hydrogen (secondary N) is 1. The summed E-state index contributed by atoms with van der Waals surface area (Å²) in [5.41, 5.74) is 0.531. The summed E-state index contributed by atoms with van der Waals surface area (Å²) < 4.78 is 6.72. The summed E-state index contributed by atoms with van der Waals surface area (Å²) in [6.07, 6.45) is 3.27. The normalized spacial score (nSPS) is 16.3. The molecule has 0 aliphatic carbocycles. The van der Waals surface area contributed by atoms with Gasteiger partial charge in [0.1, 0.15) is 6.54 Å². The number of hydrogen-bond acceptors (Lipinski definition) is 6. The second-order valence-electron chi connectivity index (χ2n) is 8.53. The van der Waals surface area contributed by atoms with E-state index in [1.807, 2.05) is 29.2 Å². The molecule has 11 nitrogen and oxygen atoms in total. The fourth-order valence-corrected chi connectivity index (χ4v) is 4.87. The van der Waals surface area contributed by atoms with Gasteiger partial charge in [-0.1, -0.05) is 18.2 Å². The Morgan fingerprint density at radius 2 is 1.83 bits per heavy atom. The fraction of sp³-hybridized carbons (Fsp3) is 0.435. The van der Waals surface area contributed by atoms with E-state index in [1.54, 1.807) is 4.90 Å². The monoisotopic (exact) mass is 547 g/mol. The molecule has 3 amide bonds. The quantitative estimate of drug-likeness (QED) is 0.564. The molecule has 2 aliphatic rings. The molecule has 12 heteroatoms. The minimum atomic E-state index is -0.747. The minimum Gasteiger partial charge on any atom is -0.444 e. The molecule has 0 bridgehead atoms. The van der Waals surface area contributed by atoms with Gasteiger partial charge in [0.2, 0.25) is 5.91 Å². The van der Waals surface area contributed by atoms with Gasteiger partial charge in [-0.3, -0.25) is 19.0 Å². The topological polar surface area (TPSA) is 123 Å². The van der Waals surface area contributed by atoms with Crippen molar-refractivity contribution in [2.75, 3.05) is 25.0 Å². The van der Waals surface area contributed by atoms with Crippen LogP contribution in [0.3, 0.4) is 0 Å². The zero-order chi connectivity index (χ0) is 25.1. The van der Waals surface area contributed by atoms with Crippen molar-refractivity contribution in [2.24, 2.45) is 0 Å². The standard InChI is InChI=1S/C23H26BrN5O6/c1-15(30)35-14-29-21(32)18(24)12-27(23(29)34)13-20(31)26-9-7-17(8-10-26)28-11-6-16-4-2-3-5-19(16)25-22(28)33/h2-5,12,17H,6-11,13-14H2,1H3,(H,25,33). The number of hydrogen-bond donors (Lipinski definition) is 1. The molecular weight excluding hydrogens is 522 g/mol. The first-order valence-corrected chi connectivity index (χ1v) is 12.1. The summed E-state index contributed by atoms with van der Waals surface area (Å²) in [5.74, 6) is -0.911. The van der Waals surface area contributed by atoms with Crippen molar-refractivity contribution in [3.05, 3.63) is 61.3 Å². The molecular formula is C23H26BrN5O6. The zero-order valence-corrected chi connectivity index (χ0v) is 20.8. The highest BCUT2D eigenvalue weighted by atomic mass is 79.9. The van der Waals surface area contributed by atoms with Crippen LogP contribution in [0.15, 0.2) is 44.5 Å². The Labute approximate surface area is 209 Å². The Kier molecular flexibility index (Phi) is 7.39. The number of para-hydroxylation sites is 1. The van der Waals surface area contributed by atoms with Crippen LogP contribution >= 0.6 is 15.9 Å². The SMILES string of the molecule is CC(=O)OCn1c(=O)c(Br)cn(CC(=O)N2CCC(N3CCc4ccccc4NC3=O)CC2)c1=O. The minimum absolute atomic E-state index is 0.0101. The van der Waals surface area contributed by atoms with E-state index in [-0.39, 0.29) is 29.0 Å². The van der Waals surface area contributed by atoms with Gasteiger partial charge in [-0.15, -0.1) is 0 Å². The van der Waals surface area contributed by atoms with Crippen molar-refractivity contribution in [3.63, 3.8) is 0 Å². The van der Waals surface area contributed by atoms with Gasteiger partial charge in [0.05, 0.1) is 4.47 Å². The molecule has 35 heavy (non-hydrogen) atoms. The predicted octanol–water partition coefficient (Wildman–Crippen LogP) is 1.37. The molecule has 1 aromatic heterocycles. The van der Waals surface area contributed by atoms with E-state index in [0.29, 0.717) is 32.5 Å². The molecule has 1 fully saturated rings. The molecule has 1 saturated heterocycles. The molecule has 1 aromatic carbocycles. The summed E-state index contributed by atoms with van der Waals surface area (Å²) in [7, 11) is 0. The number of piperidine rings is 1. The Balaban J connectivity index is 1.39. The number of carbonyl (C=O) groups excluding carboxylic acids is 3. The lowest BCUT2D eigenvalue weighted by Crippen LogP contribution is -2.51.